The van der Waals surface area contributed by atoms with Crippen LogP contribution in [-0.4, -0.2) is 48.6 Å². The van der Waals surface area contributed by atoms with Crippen molar-refractivity contribution in [2.45, 2.75) is 65.0 Å². The van der Waals surface area contributed by atoms with Crippen LogP contribution in [0.4, 0.5) is 0 Å². The highest BCUT2D eigenvalue weighted by Gasteiger charge is 2.26. The summed E-state index contributed by atoms with van der Waals surface area (Å²) in [7, 11) is 0. The van der Waals surface area contributed by atoms with Crippen molar-refractivity contribution in [2.24, 2.45) is 0 Å². The zero-order chi connectivity index (χ0) is 24.0. The van der Waals surface area contributed by atoms with Gasteiger partial charge in [-0.3, -0.25) is 9.59 Å². The lowest BCUT2D eigenvalue weighted by atomic mass is 9.87. The molecule has 178 valence electrons. The van der Waals surface area contributed by atoms with Gasteiger partial charge in [0.1, 0.15) is 11.5 Å². The molecule has 1 atom stereocenters. The van der Waals surface area contributed by atoms with Crippen molar-refractivity contribution in [3.63, 3.8) is 0 Å². The van der Waals surface area contributed by atoms with E-state index in [4.69, 9.17) is 9.47 Å². The number of nitrogens with zero attached hydrogens (tertiary/aromatic N) is 1. The van der Waals surface area contributed by atoms with Gasteiger partial charge >= 0.3 is 0 Å². The summed E-state index contributed by atoms with van der Waals surface area (Å²) in [5.41, 5.74) is 1.95. The first-order valence-corrected chi connectivity index (χ1v) is 11.8. The average molecular weight is 453 g/mol. The number of hydrogen-bond donors (Lipinski definition) is 1. The van der Waals surface area contributed by atoms with Crippen LogP contribution in [0.25, 0.3) is 0 Å². The molecule has 0 saturated carbocycles. The van der Waals surface area contributed by atoms with Crippen LogP contribution in [0.5, 0.6) is 11.5 Å². The van der Waals surface area contributed by atoms with Gasteiger partial charge in [-0.25, -0.2) is 0 Å². The topological polar surface area (TPSA) is 67.9 Å². The van der Waals surface area contributed by atoms with Crippen LogP contribution in [0.1, 0.15) is 63.4 Å². The second-order valence-electron chi connectivity index (χ2n) is 9.57. The number of likely N-dealkylation sites (tertiary alicyclic amines) is 1. The average Bonchev–Trinajstić information content (AvgIpc) is 2.79. The first-order valence-electron chi connectivity index (χ1n) is 11.8. The number of carbonyl (C=O) groups is 2. The van der Waals surface area contributed by atoms with Crippen LogP contribution in [0.2, 0.25) is 0 Å². The Labute approximate surface area is 197 Å². The maximum Gasteiger partial charge on any atom is 0.260 e. The molecule has 1 saturated heterocycles. The van der Waals surface area contributed by atoms with Gasteiger partial charge in [0, 0.05) is 24.7 Å². The van der Waals surface area contributed by atoms with Crippen molar-refractivity contribution < 1.29 is 19.1 Å². The van der Waals surface area contributed by atoms with E-state index < -0.39 is 6.10 Å². The molecule has 33 heavy (non-hydrogen) atoms. The Bertz CT molecular complexity index is 924. The molecule has 0 radical (unpaired) electrons. The predicted octanol–water partition coefficient (Wildman–Crippen LogP) is 4.57. The minimum absolute atomic E-state index is 0.0123. The van der Waals surface area contributed by atoms with Gasteiger partial charge in [0.15, 0.2) is 6.10 Å². The molecule has 6 nitrogen and oxygen atoms in total. The third kappa shape index (κ3) is 6.73. The highest BCUT2D eigenvalue weighted by Crippen LogP contribution is 2.25. The number of amides is 2. The highest BCUT2D eigenvalue weighted by molar-refractivity contribution is 5.94. The first-order chi connectivity index (χ1) is 15.7. The van der Waals surface area contributed by atoms with E-state index in [2.05, 4.69) is 26.1 Å². The minimum atomic E-state index is -0.589. The molecular formula is C27H36N2O4. The minimum Gasteiger partial charge on any atom is -0.494 e. The largest absolute Gasteiger partial charge is 0.494 e. The van der Waals surface area contributed by atoms with Gasteiger partial charge in [0.2, 0.25) is 0 Å². The highest BCUT2D eigenvalue weighted by atomic mass is 16.5. The molecular weight excluding hydrogens is 416 g/mol. The molecule has 2 amide bonds. The lowest BCUT2D eigenvalue weighted by molar-refractivity contribution is -0.128. The lowest BCUT2D eigenvalue weighted by Crippen LogP contribution is -2.49. The van der Waals surface area contributed by atoms with Crippen LogP contribution < -0.4 is 14.8 Å². The normalized spacial score (nSPS) is 15.6. The summed E-state index contributed by atoms with van der Waals surface area (Å²) in [6.45, 7) is 12.0. The molecule has 0 bridgehead atoms. The fourth-order valence-electron chi connectivity index (χ4n) is 3.88. The Morgan fingerprint density at radius 2 is 1.58 bits per heavy atom. The van der Waals surface area contributed by atoms with E-state index in [1.54, 1.807) is 19.1 Å². The van der Waals surface area contributed by atoms with Crippen molar-refractivity contribution in [1.82, 2.24) is 10.2 Å². The molecule has 1 heterocycles. The maximum absolute atomic E-state index is 12.8. The predicted molar refractivity (Wildman–Crippen MR) is 130 cm³/mol. The number of rotatable bonds is 7. The van der Waals surface area contributed by atoms with Crippen LogP contribution in [0.3, 0.4) is 0 Å². The van der Waals surface area contributed by atoms with Crippen LogP contribution >= 0.6 is 0 Å². The summed E-state index contributed by atoms with van der Waals surface area (Å²) >= 11 is 0. The zero-order valence-electron chi connectivity index (χ0n) is 20.4. The summed E-state index contributed by atoms with van der Waals surface area (Å²) in [6.07, 6.45) is 0.859. The van der Waals surface area contributed by atoms with Crippen molar-refractivity contribution in [2.75, 3.05) is 19.7 Å². The van der Waals surface area contributed by atoms with Crippen molar-refractivity contribution in [1.29, 1.82) is 0 Å². The van der Waals surface area contributed by atoms with Gasteiger partial charge in [0.25, 0.3) is 11.8 Å². The molecule has 1 fully saturated rings. The molecule has 0 aromatic heterocycles. The molecule has 0 aliphatic carbocycles. The molecule has 1 N–H and O–H groups in total. The Kier molecular flexibility index (Phi) is 8.01. The number of nitrogens with one attached hydrogen (secondary N) is 1. The van der Waals surface area contributed by atoms with E-state index in [1.165, 1.54) is 5.56 Å². The fraction of sp³-hybridized carbons (Fsp3) is 0.481. The van der Waals surface area contributed by atoms with Crippen molar-refractivity contribution in [3.05, 3.63) is 59.7 Å². The zero-order valence-corrected chi connectivity index (χ0v) is 20.4. The Morgan fingerprint density at radius 1 is 1.00 bits per heavy atom. The Hall–Kier alpha value is -3.02. The molecule has 3 rings (SSSR count). The summed E-state index contributed by atoms with van der Waals surface area (Å²) < 4.78 is 11.3. The molecule has 0 spiro atoms. The molecule has 2 aromatic carbocycles. The first kappa shape index (κ1) is 24.6. The standard InChI is InChI=1S/C27H36N2O4/c1-6-32-23-11-7-20(8-12-23)26(31)29-17-15-22(16-18-29)28-25(30)19(2)33-24-13-9-21(10-14-24)27(3,4)5/h7-14,19,22H,6,15-18H2,1-5H3,(H,28,30). The second-order valence-corrected chi connectivity index (χ2v) is 9.57. The number of hydrogen-bond acceptors (Lipinski definition) is 4. The van der Waals surface area contributed by atoms with E-state index in [1.807, 2.05) is 48.2 Å². The van der Waals surface area contributed by atoms with E-state index >= 15 is 0 Å². The van der Waals surface area contributed by atoms with Crippen LogP contribution in [0, 0.1) is 0 Å². The van der Waals surface area contributed by atoms with Gasteiger partial charge in [-0.05, 0) is 74.1 Å². The van der Waals surface area contributed by atoms with E-state index in [9.17, 15) is 9.59 Å². The van der Waals surface area contributed by atoms with Gasteiger partial charge in [0.05, 0.1) is 6.61 Å². The quantitative estimate of drug-likeness (QED) is 0.668. The molecule has 6 heteroatoms. The Balaban J connectivity index is 1.46. The molecule has 1 aliphatic rings. The summed E-state index contributed by atoms with van der Waals surface area (Å²) in [5.74, 6) is 1.32. The fourth-order valence-corrected chi connectivity index (χ4v) is 3.88. The summed E-state index contributed by atoms with van der Waals surface area (Å²) in [6, 6.07) is 15.2. The third-order valence-corrected chi connectivity index (χ3v) is 5.94. The van der Waals surface area contributed by atoms with Crippen molar-refractivity contribution >= 4 is 11.8 Å². The molecule has 2 aromatic rings. The third-order valence-electron chi connectivity index (χ3n) is 5.94. The van der Waals surface area contributed by atoms with Crippen LogP contribution in [0.15, 0.2) is 48.5 Å². The number of piperidine rings is 1. The lowest BCUT2D eigenvalue weighted by Gasteiger charge is -2.33. The van der Waals surface area contributed by atoms with Gasteiger partial charge in [-0.15, -0.1) is 0 Å². The Morgan fingerprint density at radius 3 is 2.12 bits per heavy atom. The number of carbonyl (C=O) groups excluding carboxylic acids is 2. The molecule has 1 aliphatic heterocycles. The van der Waals surface area contributed by atoms with Gasteiger partial charge in [-0.2, -0.15) is 0 Å². The SMILES string of the molecule is CCOc1ccc(C(=O)N2CCC(NC(=O)C(C)Oc3ccc(C(C)(C)C)cc3)CC2)cc1. The summed E-state index contributed by atoms with van der Waals surface area (Å²) in [5, 5.41) is 3.08. The smallest absolute Gasteiger partial charge is 0.260 e. The van der Waals surface area contributed by atoms with Crippen LogP contribution in [-0.2, 0) is 10.2 Å². The van der Waals surface area contributed by atoms with Crippen molar-refractivity contribution in [3.8, 4) is 11.5 Å². The van der Waals surface area contributed by atoms with Gasteiger partial charge < -0.3 is 19.7 Å². The van der Waals surface area contributed by atoms with E-state index in [-0.39, 0.29) is 23.3 Å². The van der Waals surface area contributed by atoms with Gasteiger partial charge in [-0.1, -0.05) is 32.9 Å². The van der Waals surface area contributed by atoms with E-state index in [0.717, 1.165) is 18.6 Å². The number of benzene rings is 2. The van der Waals surface area contributed by atoms with E-state index in [0.29, 0.717) is 31.0 Å². The molecule has 1 unspecified atom stereocenters. The second kappa shape index (κ2) is 10.7. The summed E-state index contributed by atoms with van der Waals surface area (Å²) in [4.78, 5) is 27.3. The monoisotopic (exact) mass is 452 g/mol. The maximum atomic E-state index is 12.8. The number of ether oxygens (including phenoxy) is 2.